The van der Waals surface area contributed by atoms with Crippen LogP contribution in [0.4, 0.5) is 4.39 Å². The Labute approximate surface area is 101 Å². The summed E-state index contributed by atoms with van der Waals surface area (Å²) in [6.07, 6.45) is 6.79. The highest BCUT2D eigenvalue weighted by Crippen LogP contribution is 2.13. The SMILES string of the molecule is C=Cc1ccc(F)cc1C=C.c1ccncc1. The van der Waals surface area contributed by atoms with Gasteiger partial charge in [-0.3, -0.25) is 4.98 Å². The molecule has 2 heteroatoms. The maximum Gasteiger partial charge on any atom is 0.123 e. The molecule has 2 aromatic rings. The van der Waals surface area contributed by atoms with E-state index in [0.717, 1.165) is 11.1 Å². The zero-order valence-electron chi connectivity index (χ0n) is 9.51. The number of benzene rings is 1. The second kappa shape index (κ2) is 7.12. The molecule has 0 aliphatic carbocycles. The van der Waals surface area contributed by atoms with Crippen LogP contribution in [0.2, 0.25) is 0 Å². The number of nitrogens with zero attached hydrogens (tertiary/aromatic N) is 1. The Bertz CT molecular complexity index is 451. The van der Waals surface area contributed by atoms with Gasteiger partial charge in [0.25, 0.3) is 0 Å². The number of pyridine rings is 1. The fraction of sp³-hybridized carbons (Fsp3) is 0. The minimum atomic E-state index is -0.245. The van der Waals surface area contributed by atoms with E-state index in [1.807, 2.05) is 18.2 Å². The Morgan fingerprint density at radius 2 is 1.59 bits per heavy atom. The summed E-state index contributed by atoms with van der Waals surface area (Å²) < 4.78 is 12.6. The molecule has 0 fully saturated rings. The largest absolute Gasteiger partial charge is 0.265 e. The monoisotopic (exact) mass is 227 g/mol. The summed E-state index contributed by atoms with van der Waals surface area (Å²) in [5.74, 6) is -0.245. The molecule has 0 aliphatic rings. The number of aromatic nitrogens is 1. The summed E-state index contributed by atoms with van der Waals surface area (Å²) in [7, 11) is 0. The van der Waals surface area contributed by atoms with Crippen molar-refractivity contribution in [1.82, 2.24) is 4.98 Å². The molecule has 0 saturated carbocycles. The van der Waals surface area contributed by atoms with Crippen LogP contribution in [0.3, 0.4) is 0 Å². The summed E-state index contributed by atoms with van der Waals surface area (Å²) in [5, 5.41) is 0. The van der Waals surface area contributed by atoms with Crippen LogP contribution in [0.25, 0.3) is 12.2 Å². The lowest BCUT2D eigenvalue weighted by Gasteiger charge is -1.98. The minimum absolute atomic E-state index is 0.245. The molecule has 0 N–H and O–H groups in total. The second-order valence-electron chi connectivity index (χ2n) is 3.21. The van der Waals surface area contributed by atoms with Crippen LogP contribution in [0.5, 0.6) is 0 Å². The third kappa shape index (κ3) is 4.43. The van der Waals surface area contributed by atoms with Crippen molar-refractivity contribution in [1.29, 1.82) is 0 Å². The Kier molecular flexibility index (Phi) is 5.38. The third-order valence-corrected chi connectivity index (χ3v) is 2.06. The third-order valence-electron chi connectivity index (χ3n) is 2.06. The quantitative estimate of drug-likeness (QED) is 0.749. The molecule has 86 valence electrons. The Morgan fingerprint density at radius 1 is 0.941 bits per heavy atom. The van der Waals surface area contributed by atoms with E-state index in [0.29, 0.717) is 0 Å². The summed E-state index contributed by atoms with van der Waals surface area (Å²) in [5.41, 5.74) is 1.68. The van der Waals surface area contributed by atoms with Crippen molar-refractivity contribution < 1.29 is 4.39 Å². The predicted molar refractivity (Wildman–Crippen MR) is 70.8 cm³/mol. The molecule has 0 saturated heterocycles. The van der Waals surface area contributed by atoms with Crippen molar-refractivity contribution in [3.8, 4) is 0 Å². The molecule has 0 atom stereocenters. The maximum atomic E-state index is 12.6. The standard InChI is InChI=1S/C10H9F.C5H5N/c1-3-8-5-6-10(11)7-9(8)4-2;1-2-4-6-5-3-1/h3-7H,1-2H2;1-5H. The fourth-order valence-corrected chi connectivity index (χ4v) is 1.22. The lowest BCUT2D eigenvalue weighted by Crippen LogP contribution is -1.81. The Balaban J connectivity index is 0.000000202. The van der Waals surface area contributed by atoms with Gasteiger partial charge in [-0.25, -0.2) is 4.39 Å². The molecule has 0 spiro atoms. The molecule has 2 rings (SSSR count). The summed E-state index contributed by atoms with van der Waals surface area (Å²) in [6, 6.07) is 10.2. The van der Waals surface area contributed by atoms with Crippen molar-refractivity contribution in [2.75, 3.05) is 0 Å². The summed E-state index contributed by atoms with van der Waals surface area (Å²) in [4.78, 5) is 3.78. The zero-order chi connectivity index (χ0) is 12.5. The highest BCUT2D eigenvalue weighted by Gasteiger charge is 1.95. The highest BCUT2D eigenvalue weighted by molar-refractivity contribution is 5.63. The molecule has 0 unspecified atom stereocenters. The van der Waals surface area contributed by atoms with Crippen molar-refractivity contribution in [3.05, 3.63) is 78.9 Å². The first-order valence-corrected chi connectivity index (χ1v) is 5.17. The molecule has 1 nitrogen and oxygen atoms in total. The molecule has 0 aliphatic heterocycles. The maximum absolute atomic E-state index is 12.6. The first-order chi connectivity index (χ1) is 8.27. The number of hydrogen-bond acceptors (Lipinski definition) is 1. The van der Waals surface area contributed by atoms with Crippen molar-refractivity contribution >= 4 is 12.2 Å². The summed E-state index contributed by atoms with van der Waals surface area (Å²) in [6.45, 7) is 7.17. The Morgan fingerprint density at radius 3 is 2.00 bits per heavy atom. The lowest BCUT2D eigenvalue weighted by molar-refractivity contribution is 0.627. The van der Waals surface area contributed by atoms with Crippen molar-refractivity contribution in [3.63, 3.8) is 0 Å². The topological polar surface area (TPSA) is 12.9 Å². The van der Waals surface area contributed by atoms with E-state index < -0.39 is 0 Å². The number of halogens is 1. The molecule has 0 amide bonds. The van der Waals surface area contributed by atoms with Gasteiger partial charge in [0.1, 0.15) is 5.82 Å². The smallest absolute Gasteiger partial charge is 0.123 e. The first-order valence-electron chi connectivity index (χ1n) is 5.17. The van der Waals surface area contributed by atoms with Crippen LogP contribution in [-0.4, -0.2) is 4.98 Å². The van der Waals surface area contributed by atoms with E-state index >= 15 is 0 Å². The van der Waals surface area contributed by atoms with Crippen molar-refractivity contribution in [2.24, 2.45) is 0 Å². The summed E-state index contributed by atoms with van der Waals surface area (Å²) >= 11 is 0. The van der Waals surface area contributed by atoms with Crippen molar-refractivity contribution in [2.45, 2.75) is 0 Å². The fourth-order valence-electron chi connectivity index (χ4n) is 1.22. The van der Waals surface area contributed by atoms with Crippen LogP contribution < -0.4 is 0 Å². The van der Waals surface area contributed by atoms with Gasteiger partial charge < -0.3 is 0 Å². The zero-order valence-corrected chi connectivity index (χ0v) is 9.51. The second-order valence-corrected chi connectivity index (χ2v) is 3.21. The molecular formula is C15H14FN. The van der Waals surface area contributed by atoms with Gasteiger partial charge in [0.2, 0.25) is 0 Å². The van der Waals surface area contributed by atoms with E-state index in [1.165, 1.54) is 12.1 Å². The van der Waals surface area contributed by atoms with E-state index in [1.54, 1.807) is 30.6 Å². The van der Waals surface area contributed by atoms with Crippen LogP contribution in [0.1, 0.15) is 11.1 Å². The van der Waals surface area contributed by atoms with E-state index in [2.05, 4.69) is 18.1 Å². The van der Waals surface area contributed by atoms with E-state index in [9.17, 15) is 4.39 Å². The van der Waals surface area contributed by atoms with Crippen LogP contribution in [0.15, 0.2) is 61.9 Å². The van der Waals surface area contributed by atoms with Gasteiger partial charge in [-0.2, -0.15) is 0 Å². The van der Waals surface area contributed by atoms with E-state index in [-0.39, 0.29) is 5.82 Å². The van der Waals surface area contributed by atoms with Gasteiger partial charge in [-0.15, -0.1) is 0 Å². The molecule has 0 radical (unpaired) electrons. The van der Waals surface area contributed by atoms with Crippen LogP contribution >= 0.6 is 0 Å². The average molecular weight is 227 g/mol. The van der Waals surface area contributed by atoms with Crippen LogP contribution in [-0.2, 0) is 0 Å². The minimum Gasteiger partial charge on any atom is -0.265 e. The first kappa shape index (κ1) is 12.8. The van der Waals surface area contributed by atoms with Gasteiger partial charge in [0.05, 0.1) is 0 Å². The molecule has 1 aromatic carbocycles. The van der Waals surface area contributed by atoms with Gasteiger partial charge >= 0.3 is 0 Å². The lowest BCUT2D eigenvalue weighted by atomic mass is 10.1. The molecular weight excluding hydrogens is 213 g/mol. The highest BCUT2D eigenvalue weighted by atomic mass is 19.1. The van der Waals surface area contributed by atoms with Gasteiger partial charge in [0.15, 0.2) is 0 Å². The van der Waals surface area contributed by atoms with Gasteiger partial charge in [0, 0.05) is 12.4 Å². The molecule has 17 heavy (non-hydrogen) atoms. The average Bonchev–Trinajstić information content (AvgIpc) is 2.41. The normalized spacial score (nSPS) is 8.76. The number of hydrogen-bond donors (Lipinski definition) is 0. The number of rotatable bonds is 2. The van der Waals surface area contributed by atoms with E-state index in [4.69, 9.17) is 0 Å². The molecule has 1 heterocycles. The predicted octanol–water partition coefficient (Wildman–Crippen LogP) is 4.19. The molecule has 1 aromatic heterocycles. The van der Waals surface area contributed by atoms with Gasteiger partial charge in [-0.1, -0.05) is 37.4 Å². The Hall–Kier alpha value is -2.22. The van der Waals surface area contributed by atoms with Crippen LogP contribution in [0, 0.1) is 5.82 Å². The van der Waals surface area contributed by atoms with Gasteiger partial charge in [-0.05, 0) is 35.4 Å². The molecule has 0 bridgehead atoms.